The monoisotopic (exact) mass is 467 g/mol. The molecule has 1 fully saturated rings. The molecule has 0 spiro atoms. The van der Waals surface area contributed by atoms with Crippen molar-refractivity contribution in [1.82, 2.24) is 20.9 Å². The molecule has 25 heavy (non-hydrogen) atoms. The van der Waals surface area contributed by atoms with Crippen LogP contribution in [-0.4, -0.2) is 54.0 Å². The largest absolute Gasteiger partial charge is 0.357 e. The van der Waals surface area contributed by atoms with Gasteiger partial charge in [-0.2, -0.15) is 0 Å². The number of imide groups is 1. The minimum atomic E-state index is -0.760. The zero-order chi connectivity index (χ0) is 18.3. The highest BCUT2D eigenvalue weighted by Crippen LogP contribution is 2.20. The summed E-state index contributed by atoms with van der Waals surface area (Å²) in [5, 5.41) is 9.35. The molecule has 0 radical (unpaired) electrons. The Balaban J connectivity index is 0.00000576. The van der Waals surface area contributed by atoms with E-state index in [0.717, 1.165) is 12.5 Å². The summed E-state index contributed by atoms with van der Waals surface area (Å²) in [7, 11) is 0. The van der Waals surface area contributed by atoms with Gasteiger partial charge in [-0.15, -0.1) is 24.0 Å². The highest BCUT2D eigenvalue weighted by atomic mass is 127. The summed E-state index contributed by atoms with van der Waals surface area (Å²) in [5.41, 5.74) is -0.760. The fraction of sp³-hybridized carbons (Fsp3) is 0.824. The van der Waals surface area contributed by atoms with Crippen molar-refractivity contribution in [2.75, 3.05) is 19.6 Å². The van der Waals surface area contributed by atoms with Gasteiger partial charge in [0.05, 0.1) is 0 Å². The van der Waals surface area contributed by atoms with Crippen LogP contribution in [0.1, 0.15) is 54.4 Å². The van der Waals surface area contributed by atoms with Gasteiger partial charge in [0, 0.05) is 25.7 Å². The highest BCUT2D eigenvalue weighted by Gasteiger charge is 2.45. The Morgan fingerprint density at radius 1 is 1.28 bits per heavy atom. The van der Waals surface area contributed by atoms with Gasteiger partial charge in [-0.3, -0.25) is 14.7 Å². The Hall–Kier alpha value is -1.06. The molecule has 0 aromatic rings. The molecule has 0 saturated carbocycles. The zero-order valence-corrected chi connectivity index (χ0v) is 18.6. The van der Waals surface area contributed by atoms with Crippen molar-refractivity contribution in [3.63, 3.8) is 0 Å². The van der Waals surface area contributed by atoms with Crippen molar-refractivity contribution < 1.29 is 9.59 Å². The Kier molecular flexibility index (Phi) is 10.4. The third kappa shape index (κ3) is 6.63. The number of nitrogens with zero attached hydrogens (tertiary/aromatic N) is 2. The minimum absolute atomic E-state index is 0. The summed E-state index contributed by atoms with van der Waals surface area (Å²) < 4.78 is 0. The maximum Gasteiger partial charge on any atom is 0.325 e. The molecule has 2 unspecified atom stereocenters. The lowest BCUT2D eigenvalue weighted by molar-refractivity contribution is -0.130. The van der Waals surface area contributed by atoms with E-state index in [2.05, 4.69) is 41.7 Å². The smallest absolute Gasteiger partial charge is 0.325 e. The van der Waals surface area contributed by atoms with Crippen LogP contribution in [0.4, 0.5) is 4.79 Å². The summed E-state index contributed by atoms with van der Waals surface area (Å²) in [6.45, 7) is 13.9. The van der Waals surface area contributed by atoms with E-state index in [4.69, 9.17) is 0 Å². The number of hydrogen-bond acceptors (Lipinski definition) is 3. The summed E-state index contributed by atoms with van der Waals surface area (Å²) in [5.74, 6) is 1.14. The van der Waals surface area contributed by atoms with Crippen LogP contribution in [0.15, 0.2) is 4.99 Å². The molecule has 3 N–H and O–H groups in total. The lowest BCUT2D eigenvalue weighted by Crippen LogP contribution is -2.44. The Morgan fingerprint density at radius 2 is 1.92 bits per heavy atom. The predicted octanol–water partition coefficient (Wildman–Crippen LogP) is 2.31. The van der Waals surface area contributed by atoms with Crippen LogP contribution in [0.5, 0.6) is 0 Å². The van der Waals surface area contributed by atoms with Crippen molar-refractivity contribution >= 4 is 41.9 Å². The lowest BCUT2D eigenvalue weighted by atomic mass is 9.99. The minimum Gasteiger partial charge on any atom is -0.357 e. The molecular weight excluding hydrogens is 433 g/mol. The van der Waals surface area contributed by atoms with E-state index in [9.17, 15) is 9.59 Å². The van der Waals surface area contributed by atoms with Gasteiger partial charge in [-0.25, -0.2) is 4.79 Å². The first kappa shape index (κ1) is 23.9. The van der Waals surface area contributed by atoms with E-state index in [1.807, 2.05) is 13.8 Å². The van der Waals surface area contributed by atoms with Crippen LogP contribution in [0.25, 0.3) is 0 Å². The van der Waals surface area contributed by atoms with Gasteiger partial charge in [0.25, 0.3) is 5.91 Å². The van der Waals surface area contributed by atoms with Gasteiger partial charge < -0.3 is 16.0 Å². The first-order valence-electron chi connectivity index (χ1n) is 8.94. The molecule has 3 amide bonds. The number of carbonyl (C=O) groups excluding carboxylic acids is 2. The standard InChI is InChI=1S/C17H33N5O2.HI/c1-7-17(6)14(23)22(16(24)21-17)11-9-10-19-15(18-8-2)20-13(5)12(3)4;/h12-13H,7-11H2,1-6H3,(H,21,24)(H2,18,19,20);1H. The fourth-order valence-electron chi connectivity index (χ4n) is 2.31. The Labute approximate surface area is 168 Å². The molecule has 146 valence electrons. The van der Waals surface area contributed by atoms with Crippen molar-refractivity contribution in [2.45, 2.75) is 66.0 Å². The lowest BCUT2D eigenvalue weighted by Gasteiger charge is -2.21. The molecule has 2 atom stereocenters. The van der Waals surface area contributed by atoms with Crippen molar-refractivity contribution in [3.05, 3.63) is 0 Å². The van der Waals surface area contributed by atoms with E-state index in [-0.39, 0.29) is 35.9 Å². The SMILES string of the molecule is CCNC(=NCCCN1C(=O)NC(C)(CC)C1=O)NC(C)C(C)C.I. The molecule has 1 heterocycles. The van der Waals surface area contributed by atoms with E-state index in [0.29, 0.717) is 37.9 Å². The maximum absolute atomic E-state index is 12.3. The topological polar surface area (TPSA) is 85.8 Å². The summed E-state index contributed by atoms with van der Waals surface area (Å²) >= 11 is 0. The van der Waals surface area contributed by atoms with Gasteiger partial charge >= 0.3 is 6.03 Å². The first-order chi connectivity index (χ1) is 11.2. The number of urea groups is 1. The van der Waals surface area contributed by atoms with Crippen LogP contribution in [0.3, 0.4) is 0 Å². The quantitative estimate of drug-likeness (QED) is 0.168. The zero-order valence-electron chi connectivity index (χ0n) is 16.3. The van der Waals surface area contributed by atoms with Gasteiger partial charge in [-0.1, -0.05) is 20.8 Å². The van der Waals surface area contributed by atoms with Gasteiger partial charge in [0.2, 0.25) is 0 Å². The molecular formula is C17H34IN5O2. The summed E-state index contributed by atoms with van der Waals surface area (Å²) in [4.78, 5) is 30.1. The van der Waals surface area contributed by atoms with Crippen molar-refractivity contribution in [3.8, 4) is 0 Å². The second kappa shape index (κ2) is 10.8. The first-order valence-corrected chi connectivity index (χ1v) is 8.94. The number of nitrogens with one attached hydrogen (secondary N) is 3. The third-order valence-corrected chi connectivity index (χ3v) is 4.57. The Morgan fingerprint density at radius 3 is 2.40 bits per heavy atom. The molecule has 0 bridgehead atoms. The van der Waals surface area contributed by atoms with Gasteiger partial charge in [0.1, 0.15) is 5.54 Å². The average molecular weight is 467 g/mol. The predicted molar refractivity (Wildman–Crippen MR) is 112 cm³/mol. The van der Waals surface area contributed by atoms with Crippen molar-refractivity contribution in [1.29, 1.82) is 0 Å². The second-order valence-electron chi connectivity index (χ2n) is 6.86. The van der Waals surface area contributed by atoms with E-state index in [1.54, 1.807) is 6.92 Å². The molecule has 1 saturated heterocycles. The number of guanidine groups is 1. The van der Waals surface area contributed by atoms with Crippen molar-refractivity contribution in [2.24, 2.45) is 10.9 Å². The Bertz CT molecular complexity index is 484. The number of carbonyl (C=O) groups is 2. The number of amides is 3. The van der Waals surface area contributed by atoms with E-state index < -0.39 is 5.54 Å². The van der Waals surface area contributed by atoms with Gasteiger partial charge in [0.15, 0.2) is 5.96 Å². The molecule has 1 aliphatic rings. The molecule has 0 aliphatic carbocycles. The highest BCUT2D eigenvalue weighted by molar-refractivity contribution is 14.0. The summed E-state index contributed by atoms with van der Waals surface area (Å²) in [6, 6.07) is 0.0193. The number of halogens is 1. The van der Waals surface area contributed by atoms with E-state index >= 15 is 0 Å². The summed E-state index contributed by atoms with van der Waals surface area (Å²) in [6.07, 6.45) is 1.24. The average Bonchev–Trinajstić information content (AvgIpc) is 2.74. The van der Waals surface area contributed by atoms with Crippen LogP contribution >= 0.6 is 24.0 Å². The molecule has 1 rings (SSSR count). The molecule has 0 aromatic carbocycles. The number of aliphatic imine (C=N–C) groups is 1. The van der Waals surface area contributed by atoms with Crippen LogP contribution in [0.2, 0.25) is 0 Å². The maximum atomic E-state index is 12.3. The van der Waals surface area contributed by atoms with Gasteiger partial charge in [-0.05, 0) is 39.5 Å². The molecule has 7 nitrogen and oxygen atoms in total. The molecule has 1 aliphatic heterocycles. The van der Waals surface area contributed by atoms with Crippen LogP contribution < -0.4 is 16.0 Å². The second-order valence-corrected chi connectivity index (χ2v) is 6.86. The third-order valence-electron chi connectivity index (χ3n) is 4.57. The van der Waals surface area contributed by atoms with Crippen LogP contribution in [-0.2, 0) is 4.79 Å². The molecule has 8 heteroatoms. The molecule has 0 aromatic heterocycles. The number of hydrogen-bond donors (Lipinski definition) is 3. The van der Waals surface area contributed by atoms with E-state index in [1.165, 1.54) is 4.90 Å². The normalized spacial score (nSPS) is 21.9. The number of rotatable bonds is 8. The fourth-order valence-corrected chi connectivity index (χ4v) is 2.31. The van der Waals surface area contributed by atoms with Crippen LogP contribution in [0, 0.1) is 5.92 Å².